The highest BCUT2D eigenvalue weighted by Crippen LogP contribution is 2.13. The molecular formula is C18H25NO4. The Morgan fingerprint density at radius 1 is 1.30 bits per heavy atom. The summed E-state index contributed by atoms with van der Waals surface area (Å²) in [4.78, 5) is 24.6. The Bertz CT molecular complexity index is 534. The number of hydrogen-bond acceptors (Lipinski definition) is 4. The maximum Gasteiger partial charge on any atom is 0.331 e. The number of aliphatic hydroxyl groups is 1. The molecule has 0 saturated heterocycles. The van der Waals surface area contributed by atoms with Crippen LogP contribution in [0.5, 0.6) is 0 Å². The fourth-order valence-electron chi connectivity index (χ4n) is 1.95. The van der Waals surface area contributed by atoms with E-state index >= 15 is 0 Å². The monoisotopic (exact) mass is 319 g/mol. The van der Waals surface area contributed by atoms with Crippen LogP contribution >= 0.6 is 0 Å². The number of rotatable bonds is 7. The van der Waals surface area contributed by atoms with Crippen molar-refractivity contribution in [1.29, 1.82) is 0 Å². The first-order valence-corrected chi connectivity index (χ1v) is 7.62. The Morgan fingerprint density at radius 2 is 1.91 bits per heavy atom. The maximum absolute atomic E-state index is 12.3. The van der Waals surface area contributed by atoms with Gasteiger partial charge < -0.3 is 15.2 Å². The third-order valence-corrected chi connectivity index (χ3v) is 3.03. The first-order valence-electron chi connectivity index (χ1n) is 7.62. The van der Waals surface area contributed by atoms with Crippen molar-refractivity contribution in [3.63, 3.8) is 0 Å². The summed E-state index contributed by atoms with van der Waals surface area (Å²) in [6, 6.07) is 7.40. The van der Waals surface area contributed by atoms with Crippen LogP contribution in [0.4, 0.5) is 0 Å². The van der Waals surface area contributed by atoms with Crippen LogP contribution in [0.15, 0.2) is 43.0 Å². The highest BCUT2D eigenvalue weighted by Gasteiger charge is 2.32. The third-order valence-electron chi connectivity index (χ3n) is 3.03. The molecule has 2 N–H and O–H groups in total. The highest BCUT2D eigenvalue weighted by atomic mass is 16.6. The molecule has 0 spiro atoms. The summed E-state index contributed by atoms with van der Waals surface area (Å²) in [5, 5.41) is 12.8. The van der Waals surface area contributed by atoms with Crippen molar-refractivity contribution in [2.24, 2.45) is 0 Å². The van der Waals surface area contributed by atoms with Crippen LogP contribution in [0.2, 0.25) is 0 Å². The van der Waals surface area contributed by atoms with E-state index in [1.54, 1.807) is 57.2 Å². The van der Waals surface area contributed by atoms with Gasteiger partial charge in [0, 0.05) is 5.56 Å². The predicted molar refractivity (Wildman–Crippen MR) is 89.0 cm³/mol. The summed E-state index contributed by atoms with van der Waals surface area (Å²) in [6.07, 6.45) is 1.44. The minimum atomic E-state index is -1.12. The normalized spacial score (nSPS) is 13.7. The van der Waals surface area contributed by atoms with E-state index in [4.69, 9.17) is 4.74 Å². The summed E-state index contributed by atoms with van der Waals surface area (Å²) < 4.78 is 5.30. The van der Waals surface area contributed by atoms with Gasteiger partial charge in [0.05, 0.1) is 6.10 Å². The smallest absolute Gasteiger partial charge is 0.331 e. The number of benzene rings is 1. The number of carbonyl (C=O) groups is 2. The Hall–Kier alpha value is -2.14. The van der Waals surface area contributed by atoms with E-state index in [9.17, 15) is 14.7 Å². The van der Waals surface area contributed by atoms with Crippen LogP contribution in [0.3, 0.4) is 0 Å². The highest BCUT2D eigenvalue weighted by molar-refractivity contribution is 5.96. The SMILES string of the molecule is C=CCC[C@@H](O)[C@H](NC(=O)c1ccccc1)C(=O)OC(C)(C)C. The predicted octanol–water partition coefficient (Wildman–Crippen LogP) is 2.45. The van der Waals surface area contributed by atoms with Crippen LogP contribution in [-0.4, -0.2) is 34.7 Å². The number of allylic oxidation sites excluding steroid dienone is 1. The summed E-state index contributed by atoms with van der Waals surface area (Å²) in [5.74, 6) is -1.09. The molecule has 0 unspecified atom stereocenters. The van der Waals surface area contributed by atoms with E-state index < -0.39 is 29.6 Å². The van der Waals surface area contributed by atoms with Gasteiger partial charge in [0.1, 0.15) is 5.60 Å². The van der Waals surface area contributed by atoms with Crippen molar-refractivity contribution in [1.82, 2.24) is 5.32 Å². The molecule has 2 atom stereocenters. The number of amides is 1. The first kappa shape index (κ1) is 18.9. The Kier molecular flexibility index (Phi) is 6.97. The van der Waals surface area contributed by atoms with Crippen LogP contribution in [0, 0.1) is 0 Å². The molecule has 1 aromatic rings. The topological polar surface area (TPSA) is 75.6 Å². The quantitative estimate of drug-likeness (QED) is 0.598. The summed E-state index contributed by atoms with van der Waals surface area (Å²) >= 11 is 0. The van der Waals surface area contributed by atoms with Crippen molar-refractivity contribution in [3.8, 4) is 0 Å². The van der Waals surface area contributed by atoms with Gasteiger partial charge in [0.25, 0.3) is 5.91 Å². The third kappa shape index (κ3) is 6.65. The number of esters is 1. The lowest BCUT2D eigenvalue weighted by molar-refractivity contribution is -0.160. The van der Waals surface area contributed by atoms with Gasteiger partial charge in [-0.05, 0) is 45.7 Å². The molecule has 0 aliphatic rings. The lowest BCUT2D eigenvalue weighted by atomic mass is 10.0. The van der Waals surface area contributed by atoms with E-state index in [2.05, 4.69) is 11.9 Å². The lowest BCUT2D eigenvalue weighted by Gasteiger charge is -2.27. The fourth-order valence-corrected chi connectivity index (χ4v) is 1.95. The summed E-state index contributed by atoms with van der Waals surface area (Å²) in [5.41, 5.74) is -0.290. The van der Waals surface area contributed by atoms with Gasteiger partial charge >= 0.3 is 5.97 Å². The molecule has 5 nitrogen and oxygen atoms in total. The molecule has 23 heavy (non-hydrogen) atoms. The van der Waals surface area contributed by atoms with E-state index in [1.165, 1.54) is 0 Å². The average Bonchev–Trinajstić information content (AvgIpc) is 2.49. The van der Waals surface area contributed by atoms with Crippen molar-refractivity contribution in [2.75, 3.05) is 0 Å². The van der Waals surface area contributed by atoms with Gasteiger partial charge in [-0.25, -0.2) is 4.79 Å². The molecule has 0 radical (unpaired) electrons. The molecule has 1 aromatic carbocycles. The largest absolute Gasteiger partial charge is 0.458 e. The molecular weight excluding hydrogens is 294 g/mol. The molecule has 0 fully saturated rings. The van der Waals surface area contributed by atoms with E-state index in [-0.39, 0.29) is 0 Å². The maximum atomic E-state index is 12.3. The zero-order valence-electron chi connectivity index (χ0n) is 13.9. The number of nitrogens with one attached hydrogen (secondary N) is 1. The van der Waals surface area contributed by atoms with E-state index in [0.29, 0.717) is 18.4 Å². The van der Waals surface area contributed by atoms with Crippen molar-refractivity contribution in [2.45, 2.75) is 51.4 Å². The summed E-state index contributed by atoms with van der Waals surface area (Å²) in [7, 11) is 0. The molecule has 0 bridgehead atoms. The molecule has 0 heterocycles. The van der Waals surface area contributed by atoms with Crippen LogP contribution in [0.1, 0.15) is 44.0 Å². The Labute approximate surface area is 137 Å². The minimum Gasteiger partial charge on any atom is -0.458 e. The van der Waals surface area contributed by atoms with Crippen molar-refractivity contribution < 1.29 is 19.4 Å². The molecule has 5 heteroatoms. The molecule has 126 valence electrons. The zero-order valence-corrected chi connectivity index (χ0v) is 13.9. The minimum absolute atomic E-state index is 0.308. The van der Waals surface area contributed by atoms with E-state index in [1.807, 2.05) is 0 Å². The lowest BCUT2D eigenvalue weighted by Crippen LogP contribution is -2.51. The van der Waals surface area contributed by atoms with Gasteiger partial charge in [-0.2, -0.15) is 0 Å². The van der Waals surface area contributed by atoms with Crippen LogP contribution in [0.25, 0.3) is 0 Å². The molecule has 0 aliphatic carbocycles. The number of hydrogen-bond donors (Lipinski definition) is 2. The molecule has 1 amide bonds. The standard InChI is InChI=1S/C18H25NO4/c1-5-6-12-14(20)15(17(22)23-18(2,3)4)19-16(21)13-10-8-7-9-11-13/h5,7-11,14-15,20H,1,6,12H2,2-4H3,(H,19,21)/t14-,15+/m1/s1. The first-order chi connectivity index (χ1) is 10.7. The average molecular weight is 319 g/mol. The number of carbonyl (C=O) groups excluding carboxylic acids is 2. The second kappa shape index (κ2) is 8.48. The number of ether oxygens (including phenoxy) is 1. The fraction of sp³-hybridized carbons (Fsp3) is 0.444. The van der Waals surface area contributed by atoms with E-state index in [0.717, 1.165) is 0 Å². The summed E-state index contributed by atoms with van der Waals surface area (Å²) in [6.45, 7) is 8.79. The second-order valence-corrected chi connectivity index (χ2v) is 6.28. The molecule has 0 aliphatic heterocycles. The Morgan fingerprint density at radius 3 is 2.43 bits per heavy atom. The van der Waals surface area contributed by atoms with Crippen LogP contribution < -0.4 is 5.32 Å². The number of aliphatic hydroxyl groups excluding tert-OH is 1. The van der Waals surface area contributed by atoms with Crippen molar-refractivity contribution >= 4 is 11.9 Å². The Balaban J connectivity index is 2.88. The van der Waals surface area contributed by atoms with Crippen LogP contribution in [-0.2, 0) is 9.53 Å². The molecule has 0 aromatic heterocycles. The zero-order chi connectivity index (χ0) is 17.5. The molecule has 1 rings (SSSR count). The van der Waals surface area contributed by atoms with Gasteiger partial charge in [-0.3, -0.25) is 4.79 Å². The van der Waals surface area contributed by atoms with Gasteiger partial charge in [0.15, 0.2) is 6.04 Å². The van der Waals surface area contributed by atoms with Gasteiger partial charge in [-0.1, -0.05) is 24.3 Å². The van der Waals surface area contributed by atoms with Crippen molar-refractivity contribution in [3.05, 3.63) is 48.6 Å². The van der Waals surface area contributed by atoms with Gasteiger partial charge in [0.2, 0.25) is 0 Å². The molecule has 0 saturated carbocycles. The second-order valence-electron chi connectivity index (χ2n) is 6.28. The van der Waals surface area contributed by atoms with Gasteiger partial charge in [-0.15, -0.1) is 6.58 Å².